The van der Waals surface area contributed by atoms with Crippen LogP contribution in [-0.4, -0.2) is 43.1 Å². The Labute approximate surface area is 129 Å². The largest absolute Gasteiger partial charge is 0.389 e. The van der Waals surface area contributed by atoms with Crippen LogP contribution < -0.4 is 4.90 Å². The third kappa shape index (κ3) is 4.49. The lowest BCUT2D eigenvalue weighted by Crippen LogP contribution is -2.37. The Morgan fingerprint density at radius 1 is 1.40 bits per heavy atom. The summed E-state index contributed by atoms with van der Waals surface area (Å²) in [5.41, 5.74) is 1.75. The van der Waals surface area contributed by atoms with Gasteiger partial charge in [-0.2, -0.15) is 0 Å². The summed E-state index contributed by atoms with van der Waals surface area (Å²) in [6.45, 7) is 4.92. The van der Waals surface area contributed by atoms with Crippen molar-refractivity contribution in [2.24, 2.45) is 0 Å². The van der Waals surface area contributed by atoms with E-state index in [1.807, 2.05) is 23.1 Å². The molecule has 0 fully saturated rings. The lowest BCUT2D eigenvalue weighted by atomic mass is 10.1. The smallest absolute Gasteiger partial charge is 0.241 e. The number of likely N-dealkylation sites (N-methyl/N-ethyl adjacent to an activating group) is 1. The van der Waals surface area contributed by atoms with E-state index < -0.39 is 6.10 Å². The minimum absolute atomic E-state index is 0.0536. The second kappa shape index (κ2) is 7.64. The van der Waals surface area contributed by atoms with Gasteiger partial charge in [0.25, 0.3) is 0 Å². The van der Waals surface area contributed by atoms with Crippen molar-refractivity contribution >= 4 is 27.5 Å². The van der Waals surface area contributed by atoms with Gasteiger partial charge in [0.15, 0.2) is 0 Å². The van der Waals surface area contributed by atoms with E-state index in [-0.39, 0.29) is 5.91 Å². The zero-order valence-corrected chi connectivity index (χ0v) is 14.1. The fourth-order valence-corrected chi connectivity index (χ4v) is 2.39. The third-order valence-corrected chi connectivity index (χ3v) is 3.59. The highest BCUT2D eigenvalue weighted by atomic mass is 79.9. The zero-order chi connectivity index (χ0) is 15.3. The van der Waals surface area contributed by atoms with Crippen molar-refractivity contribution in [3.63, 3.8) is 0 Å². The average molecular weight is 343 g/mol. The number of hydrogen-bond donors (Lipinski definition) is 1. The van der Waals surface area contributed by atoms with Gasteiger partial charge in [-0.05, 0) is 31.5 Å². The first-order chi connectivity index (χ1) is 9.36. The number of aliphatic hydroxyl groups is 1. The molecule has 0 aliphatic heterocycles. The molecule has 1 aromatic carbocycles. The Balaban J connectivity index is 3.11. The number of nitrogens with zero attached hydrogens (tertiary/aromatic N) is 2. The lowest BCUT2D eigenvalue weighted by molar-refractivity contribution is -0.127. The molecule has 1 atom stereocenters. The van der Waals surface area contributed by atoms with Gasteiger partial charge in [0.2, 0.25) is 5.91 Å². The van der Waals surface area contributed by atoms with Gasteiger partial charge in [0.1, 0.15) is 0 Å². The lowest BCUT2D eigenvalue weighted by Gasteiger charge is -2.28. The molecule has 0 spiro atoms. The van der Waals surface area contributed by atoms with Crippen molar-refractivity contribution in [3.05, 3.63) is 28.2 Å². The van der Waals surface area contributed by atoms with E-state index in [9.17, 15) is 9.90 Å². The quantitative estimate of drug-likeness (QED) is 0.864. The molecule has 1 unspecified atom stereocenters. The molecule has 112 valence electrons. The highest BCUT2D eigenvalue weighted by Gasteiger charge is 2.17. The molecule has 0 radical (unpaired) electrons. The summed E-state index contributed by atoms with van der Waals surface area (Å²) < 4.78 is 0.924. The van der Waals surface area contributed by atoms with Crippen LogP contribution in [0.4, 0.5) is 5.69 Å². The Hall–Kier alpha value is -1.07. The van der Waals surface area contributed by atoms with Gasteiger partial charge >= 0.3 is 0 Å². The van der Waals surface area contributed by atoms with Crippen LogP contribution in [0.3, 0.4) is 0 Å². The molecule has 0 saturated heterocycles. The zero-order valence-electron chi connectivity index (χ0n) is 12.6. The third-order valence-electron chi connectivity index (χ3n) is 3.10. The molecule has 0 aliphatic rings. The maximum atomic E-state index is 12.0. The van der Waals surface area contributed by atoms with E-state index in [0.29, 0.717) is 6.54 Å². The molecule has 5 heteroatoms. The first-order valence-electron chi connectivity index (χ1n) is 6.79. The van der Waals surface area contributed by atoms with Gasteiger partial charge in [-0.25, -0.2) is 0 Å². The SMILES string of the molecule is CCCN(CC(=O)N(C)C)c1ccc(Br)cc1C(C)O. The highest BCUT2D eigenvalue weighted by Crippen LogP contribution is 2.29. The average Bonchev–Trinajstić information content (AvgIpc) is 2.37. The number of aliphatic hydroxyl groups excluding tert-OH is 1. The standard InChI is InChI=1S/C15H23BrN2O2/c1-5-8-18(10-15(20)17(3)4)14-7-6-12(16)9-13(14)11(2)19/h6-7,9,11,19H,5,8,10H2,1-4H3. The molecule has 0 aromatic heterocycles. The molecule has 4 nitrogen and oxygen atoms in total. The molecule has 20 heavy (non-hydrogen) atoms. The Morgan fingerprint density at radius 3 is 2.55 bits per heavy atom. The summed E-state index contributed by atoms with van der Waals surface area (Å²) in [6.07, 6.45) is 0.368. The summed E-state index contributed by atoms with van der Waals surface area (Å²) in [4.78, 5) is 15.6. The second-order valence-electron chi connectivity index (χ2n) is 5.09. The minimum Gasteiger partial charge on any atom is -0.389 e. The summed E-state index contributed by atoms with van der Waals surface area (Å²) in [6, 6.07) is 5.79. The minimum atomic E-state index is -0.573. The Kier molecular flexibility index (Phi) is 6.49. The molecule has 1 rings (SSSR count). The van der Waals surface area contributed by atoms with Crippen molar-refractivity contribution in [1.82, 2.24) is 4.90 Å². The number of hydrogen-bond acceptors (Lipinski definition) is 3. The molecule has 0 bridgehead atoms. The van der Waals surface area contributed by atoms with Crippen LogP contribution in [0.25, 0.3) is 0 Å². The summed E-state index contributed by atoms with van der Waals surface area (Å²) in [7, 11) is 3.51. The fourth-order valence-electron chi connectivity index (χ4n) is 2.01. The van der Waals surface area contributed by atoms with Crippen LogP contribution >= 0.6 is 15.9 Å². The molecule has 0 saturated carbocycles. The number of halogens is 1. The van der Waals surface area contributed by atoms with E-state index in [1.165, 1.54) is 0 Å². The number of amides is 1. The van der Waals surface area contributed by atoms with Gasteiger partial charge in [-0.3, -0.25) is 4.79 Å². The van der Waals surface area contributed by atoms with Gasteiger partial charge in [-0.15, -0.1) is 0 Å². The monoisotopic (exact) mass is 342 g/mol. The van der Waals surface area contributed by atoms with Gasteiger partial charge in [0.05, 0.1) is 12.6 Å². The first-order valence-corrected chi connectivity index (χ1v) is 7.58. The first kappa shape index (κ1) is 17.0. The van der Waals surface area contributed by atoms with Crippen LogP contribution in [0.5, 0.6) is 0 Å². The second-order valence-corrected chi connectivity index (χ2v) is 6.00. The van der Waals surface area contributed by atoms with Crippen LogP contribution in [0.1, 0.15) is 31.9 Å². The molecule has 1 aromatic rings. The maximum absolute atomic E-state index is 12.0. The predicted molar refractivity (Wildman–Crippen MR) is 86.0 cm³/mol. The highest BCUT2D eigenvalue weighted by molar-refractivity contribution is 9.10. The van der Waals surface area contributed by atoms with E-state index in [1.54, 1.807) is 25.9 Å². The van der Waals surface area contributed by atoms with E-state index in [2.05, 4.69) is 22.9 Å². The topological polar surface area (TPSA) is 43.8 Å². The van der Waals surface area contributed by atoms with Crippen LogP contribution in [0, 0.1) is 0 Å². The van der Waals surface area contributed by atoms with Crippen molar-refractivity contribution in [2.75, 3.05) is 32.1 Å². The maximum Gasteiger partial charge on any atom is 0.241 e. The van der Waals surface area contributed by atoms with Crippen molar-refractivity contribution < 1.29 is 9.90 Å². The molecule has 1 amide bonds. The molecule has 1 N–H and O–H groups in total. The summed E-state index contributed by atoms with van der Waals surface area (Å²) in [5, 5.41) is 9.95. The molecular formula is C15H23BrN2O2. The fraction of sp³-hybridized carbons (Fsp3) is 0.533. The summed E-state index contributed by atoms with van der Waals surface area (Å²) >= 11 is 3.42. The predicted octanol–water partition coefficient (Wildman–Crippen LogP) is 2.81. The van der Waals surface area contributed by atoms with E-state index >= 15 is 0 Å². The van der Waals surface area contributed by atoms with Crippen molar-refractivity contribution in [2.45, 2.75) is 26.4 Å². The molecule has 0 aliphatic carbocycles. The van der Waals surface area contributed by atoms with E-state index in [4.69, 9.17) is 0 Å². The molecule has 0 heterocycles. The van der Waals surface area contributed by atoms with Crippen LogP contribution in [-0.2, 0) is 4.79 Å². The Bertz CT molecular complexity index is 461. The van der Waals surface area contributed by atoms with Gasteiger partial charge in [-0.1, -0.05) is 22.9 Å². The number of carbonyl (C=O) groups excluding carboxylic acids is 1. The van der Waals surface area contributed by atoms with Gasteiger partial charge < -0.3 is 14.9 Å². The van der Waals surface area contributed by atoms with Crippen LogP contribution in [0.2, 0.25) is 0 Å². The van der Waals surface area contributed by atoms with Crippen molar-refractivity contribution in [3.8, 4) is 0 Å². The van der Waals surface area contributed by atoms with E-state index in [0.717, 1.165) is 28.7 Å². The summed E-state index contributed by atoms with van der Waals surface area (Å²) in [5.74, 6) is 0.0536. The number of carbonyl (C=O) groups is 1. The number of rotatable bonds is 6. The molecular weight excluding hydrogens is 320 g/mol. The van der Waals surface area contributed by atoms with Gasteiger partial charge in [0, 0.05) is 36.4 Å². The number of anilines is 1. The number of benzene rings is 1. The van der Waals surface area contributed by atoms with Crippen molar-refractivity contribution in [1.29, 1.82) is 0 Å². The Morgan fingerprint density at radius 2 is 2.05 bits per heavy atom. The normalized spacial score (nSPS) is 12.1. The van der Waals surface area contributed by atoms with Crippen LogP contribution in [0.15, 0.2) is 22.7 Å².